The number of unbranched alkanes of at least 4 members (excludes halogenated alkanes) is 16. The molecular formula is C50H89N2O6P. The maximum absolute atomic E-state index is 12.9. The van der Waals surface area contributed by atoms with Crippen LogP contribution >= 0.6 is 7.82 Å². The van der Waals surface area contributed by atoms with Gasteiger partial charge in [-0.2, -0.15) is 0 Å². The highest BCUT2D eigenvalue weighted by atomic mass is 31.2. The quantitative estimate of drug-likeness (QED) is 0.0275. The van der Waals surface area contributed by atoms with Gasteiger partial charge in [0.05, 0.1) is 39.9 Å². The number of nitrogens with zero attached hydrogens (tertiary/aromatic N) is 1. The van der Waals surface area contributed by atoms with Crippen LogP contribution in [0.3, 0.4) is 0 Å². The topological polar surface area (TPSA) is 108 Å². The third-order valence-electron chi connectivity index (χ3n) is 9.82. The first-order valence-electron chi connectivity index (χ1n) is 23.4. The predicted molar refractivity (Wildman–Crippen MR) is 251 cm³/mol. The van der Waals surface area contributed by atoms with Gasteiger partial charge in [-0.25, -0.2) is 0 Å². The highest BCUT2D eigenvalue weighted by Crippen LogP contribution is 2.38. The number of allylic oxidation sites excluding steroid dienone is 13. The highest BCUT2D eigenvalue weighted by molar-refractivity contribution is 7.45. The summed E-state index contributed by atoms with van der Waals surface area (Å²) in [6.45, 7) is 4.46. The number of phosphoric acid groups is 1. The van der Waals surface area contributed by atoms with Gasteiger partial charge >= 0.3 is 0 Å². The third kappa shape index (κ3) is 43.6. The Morgan fingerprint density at radius 2 is 1.05 bits per heavy atom. The fraction of sp³-hybridized carbons (Fsp3) is 0.700. The molecule has 0 spiro atoms. The molecule has 2 N–H and O–H groups in total. The number of rotatable bonds is 41. The molecule has 0 radical (unpaired) electrons. The molecule has 3 atom stereocenters. The number of carbonyl (C=O) groups is 1. The zero-order valence-electron chi connectivity index (χ0n) is 38.4. The van der Waals surface area contributed by atoms with Gasteiger partial charge in [-0.1, -0.05) is 170 Å². The SMILES string of the molecule is CC/C=C\C/C=C\C/C=C\C/C=C\CCCCCCC(=O)NC(COP(=O)([O-])OCC[N+](C)(C)C)C(O)/C=C/CC/C=C/CC/C=C/CCCCCCCCCCCC. The molecule has 0 aliphatic rings. The Morgan fingerprint density at radius 1 is 0.610 bits per heavy atom. The van der Waals surface area contributed by atoms with E-state index in [4.69, 9.17) is 9.05 Å². The monoisotopic (exact) mass is 845 g/mol. The van der Waals surface area contributed by atoms with Crippen LogP contribution in [-0.2, 0) is 18.4 Å². The first-order valence-corrected chi connectivity index (χ1v) is 24.9. The molecule has 0 saturated carbocycles. The van der Waals surface area contributed by atoms with Crippen LogP contribution in [0, 0.1) is 0 Å². The van der Waals surface area contributed by atoms with Crippen LogP contribution < -0.4 is 10.2 Å². The van der Waals surface area contributed by atoms with Crippen molar-refractivity contribution in [3.05, 3.63) is 85.1 Å². The van der Waals surface area contributed by atoms with Crippen molar-refractivity contribution in [2.75, 3.05) is 40.9 Å². The van der Waals surface area contributed by atoms with Gasteiger partial charge in [0.2, 0.25) is 5.91 Å². The van der Waals surface area contributed by atoms with E-state index in [1.165, 1.54) is 70.6 Å². The van der Waals surface area contributed by atoms with Crippen LogP contribution in [0.15, 0.2) is 85.1 Å². The number of quaternary nitrogens is 1. The van der Waals surface area contributed by atoms with Crippen LogP contribution in [0.5, 0.6) is 0 Å². The average Bonchev–Trinajstić information content (AvgIpc) is 3.19. The van der Waals surface area contributed by atoms with Gasteiger partial charge in [0, 0.05) is 6.42 Å². The van der Waals surface area contributed by atoms with Gasteiger partial charge in [0.15, 0.2) is 0 Å². The minimum atomic E-state index is -4.61. The number of aliphatic hydroxyl groups excluding tert-OH is 1. The Morgan fingerprint density at radius 3 is 1.58 bits per heavy atom. The van der Waals surface area contributed by atoms with Gasteiger partial charge in [0.1, 0.15) is 13.2 Å². The summed E-state index contributed by atoms with van der Waals surface area (Å²) in [5.74, 6) is -0.239. The van der Waals surface area contributed by atoms with E-state index in [-0.39, 0.29) is 12.5 Å². The molecule has 0 aromatic rings. The van der Waals surface area contributed by atoms with E-state index in [1.54, 1.807) is 6.08 Å². The van der Waals surface area contributed by atoms with Crippen molar-refractivity contribution >= 4 is 13.7 Å². The zero-order valence-corrected chi connectivity index (χ0v) is 39.3. The van der Waals surface area contributed by atoms with Gasteiger partial charge in [-0.05, 0) is 83.5 Å². The largest absolute Gasteiger partial charge is 0.756 e. The normalized spacial score (nSPS) is 15.0. The van der Waals surface area contributed by atoms with Crippen LogP contribution in [0.1, 0.15) is 174 Å². The molecule has 9 heteroatoms. The molecule has 0 fully saturated rings. The molecule has 0 aliphatic heterocycles. The summed E-state index contributed by atoms with van der Waals surface area (Å²) in [6, 6.07) is -0.927. The van der Waals surface area contributed by atoms with Gasteiger partial charge in [-0.15, -0.1) is 0 Å². The molecule has 0 aliphatic carbocycles. The van der Waals surface area contributed by atoms with Crippen molar-refractivity contribution in [1.82, 2.24) is 5.32 Å². The summed E-state index contributed by atoms with van der Waals surface area (Å²) >= 11 is 0. The van der Waals surface area contributed by atoms with Crippen LogP contribution in [0.25, 0.3) is 0 Å². The lowest BCUT2D eigenvalue weighted by atomic mass is 10.1. The molecule has 0 aromatic heterocycles. The Labute approximate surface area is 363 Å². The Balaban J connectivity index is 4.53. The summed E-state index contributed by atoms with van der Waals surface area (Å²) in [4.78, 5) is 25.3. The van der Waals surface area contributed by atoms with Crippen LogP contribution in [-0.4, -0.2) is 68.5 Å². The first kappa shape index (κ1) is 56.7. The number of nitrogens with one attached hydrogen (secondary N) is 1. The fourth-order valence-corrected chi connectivity index (χ4v) is 6.84. The maximum Gasteiger partial charge on any atom is 0.268 e. The molecule has 59 heavy (non-hydrogen) atoms. The summed E-state index contributed by atoms with van der Waals surface area (Å²) in [5, 5.41) is 13.8. The maximum atomic E-state index is 12.9. The van der Waals surface area contributed by atoms with Crippen molar-refractivity contribution in [1.29, 1.82) is 0 Å². The second-order valence-corrected chi connectivity index (χ2v) is 18.1. The Kier molecular flexibility index (Phi) is 39.4. The van der Waals surface area contributed by atoms with Crippen LogP contribution in [0.4, 0.5) is 0 Å². The standard InChI is InChI=1S/C50H89N2O6P/c1-6-8-10-12-14-16-18-20-22-24-25-26-28-29-31-33-35-37-39-41-43-49(53)48(47-58-59(55,56)57-46-45-52(3,4)5)51-50(54)44-42-40-38-36-34-32-30-27-23-21-19-17-15-13-11-9-7-2/h9,11,15,17,21,23,26,28,30,32-33,35,41,43,48-49,53H,6-8,10,12-14,16,18-20,22,24-25,27,29,31,34,36-40,42,44-47H2,1-5H3,(H-,51,54,55,56)/b11-9-,17-15-,23-21-,28-26+,32-30-,35-33+,43-41+. The highest BCUT2D eigenvalue weighted by Gasteiger charge is 2.23. The number of amides is 1. The summed E-state index contributed by atoms with van der Waals surface area (Å²) < 4.78 is 23.2. The summed E-state index contributed by atoms with van der Waals surface area (Å²) in [7, 11) is 1.20. The zero-order chi connectivity index (χ0) is 43.6. The summed E-state index contributed by atoms with van der Waals surface area (Å²) in [5.41, 5.74) is 0. The Bertz CT molecular complexity index is 1230. The van der Waals surface area contributed by atoms with E-state index in [1.807, 2.05) is 27.2 Å². The minimum Gasteiger partial charge on any atom is -0.756 e. The molecule has 0 saturated heterocycles. The predicted octanol–water partition coefficient (Wildman–Crippen LogP) is 12.7. The lowest BCUT2D eigenvalue weighted by molar-refractivity contribution is -0.870. The molecular weight excluding hydrogens is 756 g/mol. The molecule has 0 rings (SSSR count). The first-order chi connectivity index (χ1) is 28.5. The minimum absolute atomic E-state index is 0.0186. The number of phosphoric ester groups is 1. The van der Waals surface area contributed by atoms with E-state index in [0.29, 0.717) is 17.4 Å². The molecule has 1 amide bonds. The lowest BCUT2D eigenvalue weighted by Crippen LogP contribution is -2.45. The third-order valence-corrected chi connectivity index (χ3v) is 10.8. The van der Waals surface area contributed by atoms with E-state index in [9.17, 15) is 19.4 Å². The fourth-order valence-electron chi connectivity index (χ4n) is 6.11. The van der Waals surface area contributed by atoms with Crippen molar-refractivity contribution in [3.8, 4) is 0 Å². The van der Waals surface area contributed by atoms with Gasteiger partial charge < -0.3 is 28.8 Å². The molecule has 0 heterocycles. The molecule has 0 aromatic carbocycles. The number of carbonyl (C=O) groups excluding carboxylic acids is 1. The van der Waals surface area contributed by atoms with E-state index in [0.717, 1.165) is 83.5 Å². The second kappa shape index (κ2) is 41.1. The van der Waals surface area contributed by atoms with Crippen molar-refractivity contribution in [2.24, 2.45) is 0 Å². The number of aliphatic hydroxyl groups is 1. The average molecular weight is 845 g/mol. The van der Waals surface area contributed by atoms with Crippen molar-refractivity contribution < 1.29 is 32.9 Å². The second-order valence-electron chi connectivity index (χ2n) is 16.7. The van der Waals surface area contributed by atoms with E-state index < -0.39 is 26.6 Å². The molecule has 3 unspecified atom stereocenters. The van der Waals surface area contributed by atoms with Crippen molar-refractivity contribution in [2.45, 2.75) is 187 Å². The molecule has 0 bridgehead atoms. The van der Waals surface area contributed by atoms with Crippen LogP contribution in [0.2, 0.25) is 0 Å². The number of likely N-dealkylation sites (N-methyl/N-ethyl adjacent to an activating group) is 1. The van der Waals surface area contributed by atoms with Crippen molar-refractivity contribution in [3.63, 3.8) is 0 Å². The lowest BCUT2D eigenvalue weighted by Gasteiger charge is -2.29. The number of hydrogen-bond donors (Lipinski definition) is 2. The molecule has 340 valence electrons. The molecule has 8 nitrogen and oxygen atoms in total. The van der Waals surface area contributed by atoms with Gasteiger partial charge in [0.25, 0.3) is 7.82 Å². The number of hydrogen-bond acceptors (Lipinski definition) is 6. The van der Waals surface area contributed by atoms with E-state index in [2.05, 4.69) is 92.1 Å². The van der Waals surface area contributed by atoms with E-state index >= 15 is 0 Å². The Hall–Kier alpha value is -2.32. The smallest absolute Gasteiger partial charge is 0.268 e. The summed E-state index contributed by atoms with van der Waals surface area (Å²) in [6.07, 6.45) is 56.4. The van der Waals surface area contributed by atoms with Gasteiger partial charge in [-0.3, -0.25) is 9.36 Å².